The van der Waals surface area contributed by atoms with Gasteiger partial charge in [-0.2, -0.15) is 0 Å². The lowest BCUT2D eigenvalue weighted by Crippen LogP contribution is -2.51. The van der Waals surface area contributed by atoms with E-state index in [2.05, 4.69) is 12.2 Å². The Bertz CT molecular complexity index is 438. The zero-order chi connectivity index (χ0) is 13.8. The van der Waals surface area contributed by atoms with Gasteiger partial charge in [-0.1, -0.05) is 13.0 Å². The molecule has 0 spiro atoms. The molecule has 0 amide bonds. The molecule has 102 valence electrons. The van der Waals surface area contributed by atoms with Gasteiger partial charge in [-0.3, -0.25) is 4.79 Å². The number of aryl methyl sites for hydroxylation is 1. The SMILES string of the molecule is CCNC(Cn1c(C)cccc1=O)C(C)(C)OC. The molecule has 0 saturated heterocycles. The van der Waals surface area contributed by atoms with Crippen LogP contribution in [0.25, 0.3) is 0 Å². The van der Waals surface area contributed by atoms with E-state index in [1.807, 2.05) is 26.8 Å². The van der Waals surface area contributed by atoms with Crippen molar-refractivity contribution in [2.24, 2.45) is 0 Å². The molecule has 0 aliphatic carbocycles. The van der Waals surface area contributed by atoms with Crippen LogP contribution in [0.4, 0.5) is 0 Å². The fourth-order valence-corrected chi connectivity index (χ4v) is 1.96. The van der Waals surface area contributed by atoms with E-state index in [0.717, 1.165) is 12.2 Å². The van der Waals surface area contributed by atoms with Crippen molar-refractivity contribution >= 4 is 0 Å². The molecule has 1 N–H and O–H groups in total. The van der Waals surface area contributed by atoms with Crippen LogP contribution in [0.1, 0.15) is 26.5 Å². The summed E-state index contributed by atoms with van der Waals surface area (Å²) in [5, 5.41) is 3.39. The van der Waals surface area contributed by atoms with Crippen molar-refractivity contribution in [3.8, 4) is 0 Å². The van der Waals surface area contributed by atoms with Gasteiger partial charge in [-0.15, -0.1) is 0 Å². The van der Waals surface area contributed by atoms with Gasteiger partial charge in [0.25, 0.3) is 5.56 Å². The van der Waals surface area contributed by atoms with Crippen molar-refractivity contribution in [2.75, 3.05) is 13.7 Å². The van der Waals surface area contributed by atoms with Gasteiger partial charge < -0.3 is 14.6 Å². The minimum absolute atomic E-state index is 0.0322. The molecule has 0 fully saturated rings. The molecule has 4 nitrogen and oxygen atoms in total. The smallest absolute Gasteiger partial charge is 0.250 e. The Balaban J connectivity index is 3.01. The van der Waals surface area contributed by atoms with Gasteiger partial charge in [0.15, 0.2) is 0 Å². The van der Waals surface area contributed by atoms with Gasteiger partial charge in [0.05, 0.1) is 11.6 Å². The van der Waals surface area contributed by atoms with Crippen LogP contribution in [-0.2, 0) is 11.3 Å². The zero-order valence-corrected chi connectivity index (χ0v) is 12.0. The highest BCUT2D eigenvalue weighted by atomic mass is 16.5. The number of pyridine rings is 1. The van der Waals surface area contributed by atoms with E-state index in [1.54, 1.807) is 23.8 Å². The minimum atomic E-state index is -0.322. The van der Waals surface area contributed by atoms with Gasteiger partial charge in [0.1, 0.15) is 0 Å². The summed E-state index contributed by atoms with van der Waals surface area (Å²) in [6, 6.07) is 5.42. The van der Waals surface area contributed by atoms with Gasteiger partial charge in [0, 0.05) is 25.4 Å². The maximum absolute atomic E-state index is 11.9. The maximum atomic E-state index is 11.9. The Morgan fingerprint density at radius 3 is 2.61 bits per heavy atom. The first-order chi connectivity index (χ1) is 8.42. The predicted molar refractivity (Wildman–Crippen MR) is 74.0 cm³/mol. The van der Waals surface area contributed by atoms with Crippen LogP contribution < -0.4 is 10.9 Å². The Morgan fingerprint density at radius 1 is 1.44 bits per heavy atom. The van der Waals surface area contributed by atoms with Crippen molar-refractivity contribution < 1.29 is 4.74 Å². The van der Waals surface area contributed by atoms with Crippen LogP contribution in [0.3, 0.4) is 0 Å². The third-order valence-corrected chi connectivity index (χ3v) is 3.45. The Kier molecular flexibility index (Phi) is 5.11. The zero-order valence-electron chi connectivity index (χ0n) is 12.0. The molecule has 1 aromatic rings. The summed E-state index contributed by atoms with van der Waals surface area (Å²) in [7, 11) is 1.70. The number of nitrogens with one attached hydrogen (secondary N) is 1. The fraction of sp³-hybridized carbons (Fsp3) is 0.643. The molecule has 1 rings (SSSR count). The van der Waals surface area contributed by atoms with Crippen LogP contribution in [0.5, 0.6) is 0 Å². The summed E-state index contributed by atoms with van der Waals surface area (Å²) in [5.41, 5.74) is 0.680. The average molecular weight is 252 g/mol. The molecule has 1 heterocycles. The molecule has 1 aromatic heterocycles. The van der Waals surface area contributed by atoms with Gasteiger partial charge in [0.2, 0.25) is 0 Å². The number of nitrogens with zero attached hydrogens (tertiary/aromatic N) is 1. The number of methoxy groups -OCH3 is 1. The summed E-state index contributed by atoms with van der Waals surface area (Å²) in [6.45, 7) is 9.52. The van der Waals surface area contributed by atoms with E-state index in [-0.39, 0.29) is 17.2 Å². The Morgan fingerprint density at radius 2 is 2.11 bits per heavy atom. The Labute approximate surface area is 109 Å². The number of rotatable bonds is 6. The number of aromatic nitrogens is 1. The van der Waals surface area contributed by atoms with E-state index in [9.17, 15) is 4.79 Å². The standard InChI is InChI=1S/C14H24N2O2/c1-6-15-12(14(3,4)18-5)10-16-11(2)8-7-9-13(16)17/h7-9,12,15H,6,10H2,1-5H3. The monoisotopic (exact) mass is 252 g/mol. The summed E-state index contributed by atoms with van der Waals surface area (Å²) in [4.78, 5) is 11.9. The largest absolute Gasteiger partial charge is 0.377 e. The second-order valence-electron chi connectivity index (χ2n) is 5.03. The van der Waals surface area contributed by atoms with Crippen LogP contribution >= 0.6 is 0 Å². The fourth-order valence-electron chi connectivity index (χ4n) is 1.96. The first kappa shape index (κ1) is 14.9. The molecule has 0 saturated carbocycles. The molecule has 1 atom stereocenters. The van der Waals surface area contributed by atoms with Gasteiger partial charge in [-0.25, -0.2) is 0 Å². The summed E-state index contributed by atoms with van der Waals surface area (Å²) in [6.07, 6.45) is 0. The van der Waals surface area contributed by atoms with Crippen molar-refractivity contribution in [2.45, 2.75) is 45.9 Å². The lowest BCUT2D eigenvalue weighted by molar-refractivity contribution is -0.0148. The minimum Gasteiger partial charge on any atom is -0.377 e. The molecule has 0 aliphatic rings. The number of likely N-dealkylation sites (N-methyl/N-ethyl adjacent to an activating group) is 1. The van der Waals surface area contributed by atoms with Crippen LogP contribution in [0, 0.1) is 6.92 Å². The second-order valence-corrected chi connectivity index (χ2v) is 5.03. The summed E-state index contributed by atoms with van der Waals surface area (Å²) >= 11 is 0. The molecule has 0 aliphatic heterocycles. The lowest BCUT2D eigenvalue weighted by Gasteiger charge is -2.34. The average Bonchev–Trinajstić information content (AvgIpc) is 2.32. The topological polar surface area (TPSA) is 43.3 Å². The molecule has 18 heavy (non-hydrogen) atoms. The second kappa shape index (κ2) is 6.16. The van der Waals surface area contributed by atoms with E-state index in [4.69, 9.17) is 4.74 Å². The molecule has 4 heteroatoms. The first-order valence-electron chi connectivity index (χ1n) is 6.37. The van der Waals surface area contributed by atoms with E-state index < -0.39 is 0 Å². The highest BCUT2D eigenvalue weighted by molar-refractivity contribution is 5.05. The van der Waals surface area contributed by atoms with Crippen LogP contribution in [0.2, 0.25) is 0 Å². The molecule has 0 aromatic carbocycles. The third-order valence-electron chi connectivity index (χ3n) is 3.45. The highest BCUT2D eigenvalue weighted by Gasteiger charge is 2.29. The maximum Gasteiger partial charge on any atom is 0.250 e. The van der Waals surface area contributed by atoms with E-state index in [1.165, 1.54) is 0 Å². The molecule has 1 unspecified atom stereocenters. The Hall–Kier alpha value is -1.13. The summed E-state index contributed by atoms with van der Waals surface area (Å²) < 4.78 is 7.31. The van der Waals surface area contributed by atoms with E-state index >= 15 is 0 Å². The lowest BCUT2D eigenvalue weighted by atomic mass is 9.98. The van der Waals surface area contributed by atoms with Crippen molar-refractivity contribution in [1.82, 2.24) is 9.88 Å². The molecular weight excluding hydrogens is 228 g/mol. The van der Waals surface area contributed by atoms with Crippen molar-refractivity contribution in [1.29, 1.82) is 0 Å². The first-order valence-corrected chi connectivity index (χ1v) is 6.37. The quantitative estimate of drug-likeness (QED) is 0.835. The molecule has 0 radical (unpaired) electrons. The molecule has 0 bridgehead atoms. The van der Waals surface area contributed by atoms with Gasteiger partial charge in [-0.05, 0) is 33.4 Å². The highest BCUT2D eigenvalue weighted by Crippen LogP contribution is 2.15. The normalized spacial score (nSPS) is 13.6. The van der Waals surface area contributed by atoms with E-state index in [0.29, 0.717) is 6.54 Å². The molecular formula is C14H24N2O2. The van der Waals surface area contributed by atoms with Gasteiger partial charge >= 0.3 is 0 Å². The number of hydrogen-bond acceptors (Lipinski definition) is 3. The van der Waals surface area contributed by atoms with Crippen LogP contribution in [0.15, 0.2) is 23.0 Å². The number of hydrogen-bond donors (Lipinski definition) is 1. The number of ether oxygens (including phenoxy) is 1. The van der Waals surface area contributed by atoms with Crippen LogP contribution in [-0.4, -0.2) is 29.9 Å². The third kappa shape index (κ3) is 3.43. The van der Waals surface area contributed by atoms with Crippen molar-refractivity contribution in [3.05, 3.63) is 34.2 Å². The summed E-state index contributed by atoms with van der Waals surface area (Å²) in [5.74, 6) is 0. The van der Waals surface area contributed by atoms with Crippen molar-refractivity contribution in [3.63, 3.8) is 0 Å². The predicted octanol–water partition coefficient (Wildman–Crippen LogP) is 1.56.